The molecule has 8 nitrogen and oxygen atoms in total. The number of rotatable bonds is 4. The summed E-state index contributed by atoms with van der Waals surface area (Å²) in [6, 6.07) is 3.49. The second kappa shape index (κ2) is 5.57. The maximum absolute atomic E-state index is 12.5. The van der Waals surface area contributed by atoms with Crippen LogP contribution in [0.2, 0.25) is 0 Å². The smallest absolute Gasteiger partial charge is 0.253 e. The quantitative estimate of drug-likeness (QED) is 0.831. The molecular formula is C11H14N4O4S3. The highest BCUT2D eigenvalue weighted by atomic mass is 32.2. The zero-order valence-corrected chi connectivity index (χ0v) is 14.4. The van der Waals surface area contributed by atoms with Crippen molar-refractivity contribution in [1.29, 1.82) is 0 Å². The molecule has 120 valence electrons. The Kier molecular flexibility index (Phi) is 4.26. The molecule has 1 aromatic heterocycles. The SMILES string of the molecule is Cc1cc(C)c(S(=O)(=O)Nc2nnc(S(N)(=O)=O)s2)c(C)c1. The van der Waals surface area contributed by atoms with Crippen molar-refractivity contribution in [2.75, 3.05) is 4.72 Å². The molecular weight excluding hydrogens is 348 g/mol. The van der Waals surface area contributed by atoms with Crippen LogP contribution in [0, 0.1) is 20.8 Å². The van der Waals surface area contributed by atoms with Gasteiger partial charge in [0.25, 0.3) is 20.0 Å². The summed E-state index contributed by atoms with van der Waals surface area (Å²) >= 11 is 0.551. The fourth-order valence-electron chi connectivity index (χ4n) is 2.12. The minimum atomic E-state index is -4.01. The number of hydrogen-bond acceptors (Lipinski definition) is 7. The van der Waals surface area contributed by atoms with Gasteiger partial charge in [0.05, 0.1) is 4.90 Å². The van der Waals surface area contributed by atoms with Gasteiger partial charge in [-0.05, 0) is 31.9 Å². The van der Waals surface area contributed by atoms with Crippen LogP contribution in [-0.4, -0.2) is 27.0 Å². The Morgan fingerprint density at radius 2 is 1.59 bits per heavy atom. The fourth-order valence-corrected chi connectivity index (χ4v) is 5.14. The van der Waals surface area contributed by atoms with E-state index in [-0.39, 0.29) is 10.0 Å². The van der Waals surface area contributed by atoms with Crippen LogP contribution >= 0.6 is 11.3 Å². The first-order valence-electron chi connectivity index (χ1n) is 5.97. The van der Waals surface area contributed by atoms with Crippen LogP contribution in [0.25, 0.3) is 0 Å². The Bertz CT molecular complexity index is 909. The number of primary sulfonamides is 1. The van der Waals surface area contributed by atoms with Gasteiger partial charge in [-0.2, -0.15) is 0 Å². The van der Waals surface area contributed by atoms with Crippen LogP contribution in [0.3, 0.4) is 0 Å². The lowest BCUT2D eigenvalue weighted by molar-refractivity contribution is 0.595. The van der Waals surface area contributed by atoms with E-state index < -0.39 is 24.4 Å². The van der Waals surface area contributed by atoms with E-state index in [1.54, 1.807) is 26.0 Å². The van der Waals surface area contributed by atoms with Gasteiger partial charge in [0.1, 0.15) is 0 Å². The topological polar surface area (TPSA) is 132 Å². The molecule has 0 bridgehead atoms. The monoisotopic (exact) mass is 362 g/mol. The molecule has 0 fully saturated rings. The zero-order valence-electron chi connectivity index (χ0n) is 12.0. The first kappa shape index (κ1) is 16.8. The maximum Gasteiger partial charge on any atom is 0.267 e. The highest BCUT2D eigenvalue weighted by Gasteiger charge is 2.23. The molecule has 0 unspecified atom stereocenters. The summed E-state index contributed by atoms with van der Waals surface area (Å²) in [4.78, 5) is 0.130. The molecule has 1 aromatic carbocycles. The predicted octanol–water partition coefficient (Wildman–Crippen LogP) is 0.912. The van der Waals surface area contributed by atoms with Crippen molar-refractivity contribution in [3.63, 3.8) is 0 Å². The van der Waals surface area contributed by atoms with E-state index in [1.165, 1.54) is 0 Å². The van der Waals surface area contributed by atoms with Crippen LogP contribution in [0.1, 0.15) is 16.7 Å². The van der Waals surface area contributed by atoms with Gasteiger partial charge in [-0.15, -0.1) is 10.2 Å². The Morgan fingerprint density at radius 3 is 2.05 bits per heavy atom. The molecule has 2 aromatic rings. The van der Waals surface area contributed by atoms with E-state index in [4.69, 9.17) is 5.14 Å². The average molecular weight is 362 g/mol. The van der Waals surface area contributed by atoms with E-state index in [9.17, 15) is 16.8 Å². The van der Waals surface area contributed by atoms with Crippen LogP contribution in [0.5, 0.6) is 0 Å². The van der Waals surface area contributed by atoms with Crippen LogP contribution < -0.4 is 9.86 Å². The number of aromatic nitrogens is 2. The number of nitrogens with two attached hydrogens (primary N) is 1. The van der Waals surface area contributed by atoms with Crippen molar-refractivity contribution in [3.8, 4) is 0 Å². The molecule has 3 N–H and O–H groups in total. The van der Waals surface area contributed by atoms with Gasteiger partial charge in [0.15, 0.2) is 0 Å². The molecule has 0 aliphatic heterocycles. The third-order valence-corrected chi connectivity index (χ3v) is 6.67. The Labute approximate surface area is 132 Å². The highest BCUT2D eigenvalue weighted by molar-refractivity contribution is 7.93. The third-order valence-electron chi connectivity index (χ3n) is 2.74. The van der Waals surface area contributed by atoms with Gasteiger partial charge in [-0.25, -0.2) is 22.0 Å². The normalized spacial score (nSPS) is 12.4. The first-order chi connectivity index (χ1) is 10.0. The number of benzene rings is 1. The molecule has 0 aliphatic rings. The summed E-state index contributed by atoms with van der Waals surface area (Å²) in [6.45, 7) is 5.24. The summed E-state index contributed by atoms with van der Waals surface area (Å²) in [5.74, 6) is 0. The van der Waals surface area contributed by atoms with Crippen molar-refractivity contribution in [3.05, 3.63) is 28.8 Å². The summed E-state index contributed by atoms with van der Waals surface area (Å²) in [5, 5.41) is 11.6. The maximum atomic E-state index is 12.5. The van der Waals surface area contributed by atoms with Crippen LogP contribution in [-0.2, 0) is 20.0 Å². The van der Waals surface area contributed by atoms with E-state index in [1.807, 2.05) is 6.92 Å². The molecule has 0 atom stereocenters. The second-order valence-corrected chi connectivity index (χ2v) is 9.08. The van der Waals surface area contributed by atoms with Gasteiger partial charge in [0, 0.05) is 0 Å². The number of anilines is 1. The van der Waals surface area contributed by atoms with Gasteiger partial charge in [-0.1, -0.05) is 29.0 Å². The lowest BCUT2D eigenvalue weighted by atomic mass is 10.1. The lowest BCUT2D eigenvalue weighted by Crippen LogP contribution is -2.15. The van der Waals surface area contributed by atoms with Crippen molar-refractivity contribution in [2.45, 2.75) is 30.0 Å². The van der Waals surface area contributed by atoms with Crippen molar-refractivity contribution >= 4 is 36.5 Å². The molecule has 0 radical (unpaired) electrons. The van der Waals surface area contributed by atoms with E-state index >= 15 is 0 Å². The van der Waals surface area contributed by atoms with Crippen molar-refractivity contribution < 1.29 is 16.8 Å². The summed E-state index contributed by atoms with van der Waals surface area (Å²) in [5.41, 5.74) is 2.11. The molecule has 22 heavy (non-hydrogen) atoms. The minimum Gasteiger partial charge on any atom is -0.253 e. The molecule has 0 aliphatic carbocycles. The molecule has 0 amide bonds. The average Bonchev–Trinajstić information content (AvgIpc) is 2.73. The standard InChI is InChI=1S/C11H14N4O4S3/c1-6-4-7(2)9(8(3)5-6)22(18,19)15-10-13-14-11(20-10)21(12,16)17/h4-5H,1-3H3,(H,13,15)(H2,12,16,17). The number of hydrogen-bond donors (Lipinski definition) is 2. The van der Waals surface area contributed by atoms with E-state index in [0.29, 0.717) is 22.5 Å². The van der Waals surface area contributed by atoms with Crippen LogP contribution in [0.15, 0.2) is 21.4 Å². The fraction of sp³-hybridized carbons (Fsp3) is 0.273. The predicted molar refractivity (Wildman–Crippen MR) is 82.7 cm³/mol. The number of nitrogens with zero attached hydrogens (tertiary/aromatic N) is 2. The number of nitrogens with one attached hydrogen (secondary N) is 1. The lowest BCUT2D eigenvalue weighted by Gasteiger charge is -2.12. The van der Waals surface area contributed by atoms with Crippen molar-refractivity contribution in [2.24, 2.45) is 5.14 Å². The van der Waals surface area contributed by atoms with Gasteiger partial charge >= 0.3 is 0 Å². The Balaban J connectivity index is 2.43. The molecule has 0 saturated carbocycles. The molecule has 11 heteroatoms. The molecule has 0 spiro atoms. The van der Waals surface area contributed by atoms with E-state index in [2.05, 4.69) is 14.9 Å². The van der Waals surface area contributed by atoms with Gasteiger partial charge in [0.2, 0.25) is 9.47 Å². The van der Waals surface area contributed by atoms with Crippen LogP contribution in [0.4, 0.5) is 5.13 Å². The first-order valence-corrected chi connectivity index (χ1v) is 9.82. The minimum absolute atomic E-state index is 0.130. The molecule has 2 rings (SSSR count). The molecule has 0 saturated heterocycles. The Morgan fingerprint density at radius 1 is 1.05 bits per heavy atom. The second-order valence-electron chi connectivity index (χ2n) is 4.75. The van der Waals surface area contributed by atoms with E-state index in [0.717, 1.165) is 5.56 Å². The summed E-state index contributed by atoms with van der Waals surface area (Å²) in [7, 11) is -7.92. The summed E-state index contributed by atoms with van der Waals surface area (Å²) < 4.78 is 49.0. The van der Waals surface area contributed by atoms with Crippen molar-refractivity contribution in [1.82, 2.24) is 10.2 Å². The number of sulfonamides is 2. The Hall–Kier alpha value is -1.56. The zero-order chi connectivity index (χ0) is 16.7. The molecule has 1 heterocycles. The van der Waals surface area contributed by atoms with Gasteiger partial charge < -0.3 is 0 Å². The highest BCUT2D eigenvalue weighted by Crippen LogP contribution is 2.26. The third kappa shape index (κ3) is 3.43. The summed E-state index contributed by atoms with van der Waals surface area (Å²) in [6.07, 6.45) is 0. The largest absolute Gasteiger partial charge is 0.267 e. The number of aryl methyl sites for hydroxylation is 3. The van der Waals surface area contributed by atoms with Gasteiger partial charge in [-0.3, -0.25) is 4.72 Å².